The number of hydrazine groups is 1. The molecule has 2 fully saturated rings. The normalized spacial score (nSPS) is 22.1. The Kier molecular flexibility index (Phi) is 5.78. The van der Waals surface area contributed by atoms with Crippen molar-refractivity contribution in [1.82, 2.24) is 10.9 Å². The molecule has 0 radical (unpaired) electrons. The molecule has 1 aliphatic carbocycles. The highest BCUT2D eigenvalue weighted by Gasteiger charge is 2.41. The average molecular weight is 449 g/mol. The maximum atomic E-state index is 13.0. The molecular formula is C25H28N4O4. The van der Waals surface area contributed by atoms with Crippen LogP contribution in [0.3, 0.4) is 0 Å². The van der Waals surface area contributed by atoms with Crippen LogP contribution < -0.4 is 26.2 Å². The largest absolute Gasteiger partial charge is 0.492 e. The van der Waals surface area contributed by atoms with Gasteiger partial charge in [0.1, 0.15) is 11.6 Å². The molecule has 4 N–H and O–H groups in total. The zero-order valence-electron chi connectivity index (χ0n) is 18.7. The summed E-state index contributed by atoms with van der Waals surface area (Å²) in [6, 6.07) is 12.9. The molecule has 1 aromatic heterocycles. The molecule has 1 saturated carbocycles. The van der Waals surface area contributed by atoms with Crippen molar-refractivity contribution in [3.8, 4) is 5.75 Å². The molecule has 8 nitrogen and oxygen atoms in total. The number of anilines is 2. The second-order valence-corrected chi connectivity index (χ2v) is 8.81. The fourth-order valence-electron chi connectivity index (χ4n) is 4.94. The zero-order valence-corrected chi connectivity index (χ0v) is 18.7. The van der Waals surface area contributed by atoms with Gasteiger partial charge in [0.15, 0.2) is 5.75 Å². The van der Waals surface area contributed by atoms with Crippen molar-refractivity contribution in [3.05, 3.63) is 53.8 Å². The molecule has 5 rings (SSSR count). The van der Waals surface area contributed by atoms with Gasteiger partial charge < -0.3 is 19.8 Å². The van der Waals surface area contributed by atoms with Crippen LogP contribution in [0.4, 0.5) is 11.4 Å². The second kappa shape index (κ2) is 8.88. The van der Waals surface area contributed by atoms with Gasteiger partial charge in [-0.15, -0.1) is 0 Å². The molecule has 2 amide bonds. The standard InChI is InChI=1S/C25H28N4O4/c1-14-6-5-7-15(12-14)27-25(31)23-22(32-2)18-13-16(10-11-20(18)33-23)26-24(30)21-17-8-3-4-9-19(17)28-29-21/h5-7,10-13,17,19,21,28-29H,3-4,8-9H2,1-2H3,(H,26,30)(H,27,31). The fourth-order valence-corrected chi connectivity index (χ4v) is 4.94. The van der Waals surface area contributed by atoms with Gasteiger partial charge in [-0.2, -0.15) is 0 Å². The first-order valence-corrected chi connectivity index (χ1v) is 11.3. The van der Waals surface area contributed by atoms with Crippen molar-refractivity contribution in [3.63, 3.8) is 0 Å². The predicted octanol–water partition coefficient (Wildman–Crippen LogP) is 3.98. The van der Waals surface area contributed by atoms with Crippen LogP contribution in [0.2, 0.25) is 0 Å². The van der Waals surface area contributed by atoms with E-state index < -0.39 is 5.91 Å². The first-order chi connectivity index (χ1) is 16.0. The Labute approximate surface area is 192 Å². The lowest BCUT2D eigenvalue weighted by molar-refractivity contribution is -0.118. The van der Waals surface area contributed by atoms with Crippen LogP contribution in [0.1, 0.15) is 41.8 Å². The van der Waals surface area contributed by atoms with Crippen LogP contribution in [0.15, 0.2) is 46.9 Å². The predicted molar refractivity (Wildman–Crippen MR) is 126 cm³/mol. The van der Waals surface area contributed by atoms with Crippen molar-refractivity contribution in [2.24, 2.45) is 5.92 Å². The molecule has 1 aliphatic heterocycles. The number of amides is 2. The first kappa shape index (κ1) is 21.5. The Balaban J connectivity index is 1.36. The molecule has 2 aromatic carbocycles. The fraction of sp³-hybridized carbons (Fsp3) is 0.360. The molecular weight excluding hydrogens is 420 g/mol. The van der Waals surface area contributed by atoms with Gasteiger partial charge in [0.2, 0.25) is 11.7 Å². The molecule has 0 spiro atoms. The third-order valence-corrected chi connectivity index (χ3v) is 6.55. The third-order valence-electron chi connectivity index (χ3n) is 6.55. The topological polar surface area (TPSA) is 105 Å². The number of carbonyl (C=O) groups is 2. The molecule has 8 heteroatoms. The van der Waals surface area contributed by atoms with Crippen molar-refractivity contribution in [2.75, 3.05) is 17.7 Å². The molecule has 172 valence electrons. The number of furan rings is 1. The Bertz CT molecular complexity index is 1200. The summed E-state index contributed by atoms with van der Waals surface area (Å²) in [5.74, 6) is 0.242. The van der Waals surface area contributed by atoms with Gasteiger partial charge >= 0.3 is 0 Å². The van der Waals surface area contributed by atoms with Gasteiger partial charge in [-0.25, -0.2) is 5.43 Å². The number of aryl methyl sites for hydroxylation is 1. The minimum absolute atomic E-state index is 0.0730. The summed E-state index contributed by atoms with van der Waals surface area (Å²) in [6.07, 6.45) is 4.48. The first-order valence-electron chi connectivity index (χ1n) is 11.3. The Morgan fingerprint density at radius 1 is 1.03 bits per heavy atom. The highest BCUT2D eigenvalue weighted by Crippen LogP contribution is 2.36. The summed E-state index contributed by atoms with van der Waals surface area (Å²) >= 11 is 0. The molecule has 3 unspecified atom stereocenters. The molecule has 33 heavy (non-hydrogen) atoms. The van der Waals surface area contributed by atoms with E-state index in [9.17, 15) is 9.59 Å². The highest BCUT2D eigenvalue weighted by atomic mass is 16.5. The van der Waals surface area contributed by atoms with Crippen LogP contribution in [0.25, 0.3) is 11.0 Å². The number of carbonyl (C=O) groups excluding carboxylic acids is 2. The number of hydrogen-bond acceptors (Lipinski definition) is 6. The van der Waals surface area contributed by atoms with Crippen LogP contribution >= 0.6 is 0 Å². The minimum Gasteiger partial charge on any atom is -0.492 e. The van der Waals surface area contributed by atoms with E-state index in [1.807, 2.05) is 31.2 Å². The quantitative estimate of drug-likeness (QED) is 0.471. The number of nitrogens with one attached hydrogen (secondary N) is 4. The van der Waals surface area contributed by atoms with Gasteiger partial charge in [-0.05, 0) is 55.7 Å². The monoisotopic (exact) mass is 448 g/mol. The van der Waals surface area contributed by atoms with E-state index >= 15 is 0 Å². The van der Waals surface area contributed by atoms with Crippen LogP contribution in [0.5, 0.6) is 5.75 Å². The number of fused-ring (bicyclic) bond motifs is 2. The van der Waals surface area contributed by atoms with E-state index in [0.29, 0.717) is 40.1 Å². The van der Waals surface area contributed by atoms with Crippen LogP contribution in [-0.2, 0) is 4.79 Å². The number of benzene rings is 2. The summed E-state index contributed by atoms with van der Waals surface area (Å²) in [7, 11) is 1.50. The van der Waals surface area contributed by atoms with Gasteiger partial charge in [-0.1, -0.05) is 25.0 Å². The molecule has 1 saturated heterocycles. The maximum absolute atomic E-state index is 13.0. The Hall–Kier alpha value is -3.36. The SMILES string of the molecule is COc1c(C(=O)Nc2cccc(C)c2)oc2ccc(NC(=O)C3NNC4CCCCC43)cc12. The lowest BCUT2D eigenvalue weighted by Crippen LogP contribution is -2.42. The lowest BCUT2D eigenvalue weighted by Gasteiger charge is -2.26. The van der Waals surface area contributed by atoms with E-state index in [0.717, 1.165) is 24.8 Å². The van der Waals surface area contributed by atoms with Crippen molar-refractivity contribution >= 4 is 34.2 Å². The lowest BCUT2D eigenvalue weighted by atomic mass is 9.81. The molecule has 3 aromatic rings. The third kappa shape index (κ3) is 4.19. The summed E-state index contributed by atoms with van der Waals surface area (Å²) in [4.78, 5) is 25.8. The molecule has 2 aliphatic rings. The molecule has 2 heterocycles. The van der Waals surface area contributed by atoms with E-state index in [-0.39, 0.29) is 17.7 Å². The number of hydrogen-bond donors (Lipinski definition) is 4. The van der Waals surface area contributed by atoms with Crippen molar-refractivity contribution < 1.29 is 18.7 Å². The van der Waals surface area contributed by atoms with E-state index in [1.54, 1.807) is 18.2 Å². The van der Waals surface area contributed by atoms with Gasteiger partial charge in [-0.3, -0.25) is 15.0 Å². The molecule has 3 atom stereocenters. The van der Waals surface area contributed by atoms with Crippen molar-refractivity contribution in [1.29, 1.82) is 0 Å². The average Bonchev–Trinajstić information content (AvgIpc) is 3.40. The van der Waals surface area contributed by atoms with Gasteiger partial charge in [0.25, 0.3) is 5.91 Å². The maximum Gasteiger partial charge on any atom is 0.295 e. The highest BCUT2D eigenvalue weighted by molar-refractivity contribution is 6.09. The smallest absolute Gasteiger partial charge is 0.295 e. The Morgan fingerprint density at radius 3 is 2.67 bits per heavy atom. The number of ether oxygens (including phenoxy) is 1. The minimum atomic E-state index is -0.399. The van der Waals surface area contributed by atoms with E-state index in [2.05, 4.69) is 21.5 Å². The van der Waals surface area contributed by atoms with Gasteiger partial charge in [0.05, 0.1) is 12.5 Å². The van der Waals surface area contributed by atoms with E-state index in [4.69, 9.17) is 9.15 Å². The van der Waals surface area contributed by atoms with Crippen LogP contribution in [0, 0.1) is 12.8 Å². The summed E-state index contributed by atoms with van der Waals surface area (Å²) < 4.78 is 11.3. The number of rotatable bonds is 5. The van der Waals surface area contributed by atoms with Crippen LogP contribution in [-0.4, -0.2) is 31.0 Å². The second-order valence-electron chi connectivity index (χ2n) is 8.81. The zero-order chi connectivity index (χ0) is 22.9. The van der Waals surface area contributed by atoms with Gasteiger partial charge in [0, 0.05) is 23.3 Å². The summed E-state index contributed by atoms with van der Waals surface area (Å²) in [5.41, 5.74) is 9.28. The van der Waals surface area contributed by atoms with E-state index in [1.165, 1.54) is 13.5 Å². The summed E-state index contributed by atoms with van der Waals surface area (Å²) in [6.45, 7) is 1.96. The Morgan fingerprint density at radius 2 is 1.85 bits per heavy atom. The van der Waals surface area contributed by atoms with Crippen molar-refractivity contribution in [2.45, 2.75) is 44.7 Å². The molecule has 0 bridgehead atoms. The number of methoxy groups -OCH3 is 1. The summed E-state index contributed by atoms with van der Waals surface area (Å²) in [5, 5.41) is 6.48.